The standard InChI is InChI=1S/C14H10O4/c15-13(16)11-7-4-8-12(9-11)18-14(17)10-5-2-1-3-6-10/h1-9H,(H,15,16). The minimum Gasteiger partial charge on any atom is -0.478 e. The minimum absolute atomic E-state index is 0.0772. The SMILES string of the molecule is O=C(O)c1cccc(OC(=O)c2ccccc2)c1. The molecule has 0 atom stereocenters. The molecule has 0 fully saturated rings. The van der Waals surface area contributed by atoms with Crippen LogP contribution < -0.4 is 4.74 Å². The smallest absolute Gasteiger partial charge is 0.343 e. The van der Waals surface area contributed by atoms with Crippen LogP contribution in [-0.4, -0.2) is 17.0 Å². The van der Waals surface area contributed by atoms with Crippen LogP contribution in [0.1, 0.15) is 20.7 Å². The average Bonchev–Trinajstić information content (AvgIpc) is 2.40. The number of ether oxygens (including phenoxy) is 1. The zero-order valence-corrected chi connectivity index (χ0v) is 9.37. The summed E-state index contributed by atoms with van der Waals surface area (Å²) in [5, 5.41) is 8.82. The fourth-order valence-corrected chi connectivity index (χ4v) is 1.43. The van der Waals surface area contributed by atoms with E-state index in [1.165, 1.54) is 24.3 Å². The number of hydrogen-bond donors (Lipinski definition) is 1. The molecule has 0 aliphatic carbocycles. The number of hydrogen-bond acceptors (Lipinski definition) is 3. The maximum Gasteiger partial charge on any atom is 0.343 e. The first-order valence-corrected chi connectivity index (χ1v) is 5.27. The Hall–Kier alpha value is -2.62. The van der Waals surface area contributed by atoms with E-state index in [1.807, 2.05) is 0 Å². The molecule has 4 heteroatoms. The molecule has 90 valence electrons. The van der Waals surface area contributed by atoms with Crippen molar-refractivity contribution < 1.29 is 19.4 Å². The Balaban J connectivity index is 2.17. The largest absolute Gasteiger partial charge is 0.478 e. The van der Waals surface area contributed by atoms with E-state index in [-0.39, 0.29) is 11.3 Å². The van der Waals surface area contributed by atoms with Crippen LogP contribution in [0.25, 0.3) is 0 Å². The number of carboxylic acids is 1. The molecule has 0 bridgehead atoms. The number of rotatable bonds is 3. The van der Waals surface area contributed by atoms with Crippen molar-refractivity contribution >= 4 is 11.9 Å². The Morgan fingerprint density at radius 2 is 1.56 bits per heavy atom. The Morgan fingerprint density at radius 3 is 2.22 bits per heavy atom. The number of esters is 1. The topological polar surface area (TPSA) is 63.6 Å². The third-order valence-corrected chi connectivity index (χ3v) is 2.30. The predicted molar refractivity (Wildman–Crippen MR) is 64.8 cm³/mol. The van der Waals surface area contributed by atoms with Crippen molar-refractivity contribution in [3.05, 3.63) is 65.7 Å². The quantitative estimate of drug-likeness (QED) is 0.663. The van der Waals surface area contributed by atoms with E-state index < -0.39 is 11.9 Å². The molecule has 4 nitrogen and oxygen atoms in total. The van der Waals surface area contributed by atoms with E-state index >= 15 is 0 Å². The summed E-state index contributed by atoms with van der Waals surface area (Å²) in [7, 11) is 0. The van der Waals surface area contributed by atoms with E-state index in [4.69, 9.17) is 9.84 Å². The van der Waals surface area contributed by atoms with Gasteiger partial charge in [0.1, 0.15) is 5.75 Å². The monoisotopic (exact) mass is 242 g/mol. The van der Waals surface area contributed by atoms with Gasteiger partial charge >= 0.3 is 11.9 Å². The van der Waals surface area contributed by atoms with Crippen molar-refractivity contribution in [2.24, 2.45) is 0 Å². The zero-order chi connectivity index (χ0) is 13.0. The Morgan fingerprint density at radius 1 is 0.889 bits per heavy atom. The van der Waals surface area contributed by atoms with Gasteiger partial charge in [0.05, 0.1) is 11.1 Å². The van der Waals surface area contributed by atoms with Gasteiger partial charge in [-0.05, 0) is 30.3 Å². The number of carbonyl (C=O) groups excluding carboxylic acids is 1. The van der Waals surface area contributed by atoms with Crippen LogP contribution in [0.4, 0.5) is 0 Å². The molecule has 18 heavy (non-hydrogen) atoms. The second-order valence-electron chi connectivity index (χ2n) is 3.59. The lowest BCUT2D eigenvalue weighted by Gasteiger charge is -2.04. The summed E-state index contributed by atoms with van der Waals surface area (Å²) in [4.78, 5) is 22.5. The van der Waals surface area contributed by atoms with E-state index in [0.717, 1.165) is 0 Å². The van der Waals surface area contributed by atoms with Gasteiger partial charge in [0.2, 0.25) is 0 Å². The van der Waals surface area contributed by atoms with Gasteiger partial charge in [0, 0.05) is 0 Å². The minimum atomic E-state index is -1.06. The number of benzene rings is 2. The molecule has 0 aliphatic rings. The molecule has 0 aromatic heterocycles. The summed E-state index contributed by atoms with van der Waals surface area (Å²) >= 11 is 0. The lowest BCUT2D eigenvalue weighted by Crippen LogP contribution is -2.08. The van der Waals surface area contributed by atoms with Crippen molar-refractivity contribution in [1.29, 1.82) is 0 Å². The maximum atomic E-state index is 11.7. The van der Waals surface area contributed by atoms with Crippen molar-refractivity contribution in [3.8, 4) is 5.75 Å². The van der Waals surface area contributed by atoms with Crippen LogP contribution in [0.5, 0.6) is 5.75 Å². The van der Waals surface area contributed by atoms with Crippen LogP contribution in [0.3, 0.4) is 0 Å². The Labute approximate surface area is 103 Å². The second kappa shape index (κ2) is 5.14. The summed E-state index contributed by atoms with van der Waals surface area (Å²) in [6, 6.07) is 14.3. The highest BCUT2D eigenvalue weighted by molar-refractivity contribution is 5.92. The molecule has 2 aromatic rings. The molecular formula is C14H10O4. The number of carbonyl (C=O) groups is 2. The Kier molecular flexibility index (Phi) is 3.38. The van der Waals surface area contributed by atoms with Gasteiger partial charge in [-0.2, -0.15) is 0 Å². The van der Waals surface area contributed by atoms with Crippen LogP contribution in [0.15, 0.2) is 54.6 Å². The molecule has 0 amide bonds. The van der Waals surface area contributed by atoms with Crippen molar-refractivity contribution in [1.82, 2.24) is 0 Å². The average molecular weight is 242 g/mol. The van der Waals surface area contributed by atoms with Crippen molar-refractivity contribution in [2.75, 3.05) is 0 Å². The lowest BCUT2D eigenvalue weighted by atomic mass is 10.2. The van der Waals surface area contributed by atoms with Gasteiger partial charge < -0.3 is 9.84 Å². The molecule has 0 saturated carbocycles. The molecule has 0 radical (unpaired) electrons. The van der Waals surface area contributed by atoms with Crippen molar-refractivity contribution in [2.45, 2.75) is 0 Å². The predicted octanol–water partition coefficient (Wildman–Crippen LogP) is 2.60. The zero-order valence-electron chi connectivity index (χ0n) is 9.37. The number of aromatic carboxylic acids is 1. The van der Waals surface area contributed by atoms with E-state index in [2.05, 4.69) is 0 Å². The fourth-order valence-electron chi connectivity index (χ4n) is 1.43. The third-order valence-electron chi connectivity index (χ3n) is 2.30. The first kappa shape index (κ1) is 11.9. The second-order valence-corrected chi connectivity index (χ2v) is 3.59. The third kappa shape index (κ3) is 2.74. The molecule has 0 heterocycles. The van der Waals surface area contributed by atoms with Gasteiger partial charge in [-0.25, -0.2) is 9.59 Å². The van der Waals surface area contributed by atoms with Crippen LogP contribution >= 0.6 is 0 Å². The van der Waals surface area contributed by atoms with Crippen LogP contribution in [-0.2, 0) is 0 Å². The highest BCUT2D eigenvalue weighted by Crippen LogP contribution is 2.15. The highest BCUT2D eigenvalue weighted by Gasteiger charge is 2.09. The molecule has 2 aromatic carbocycles. The molecule has 0 aliphatic heterocycles. The summed E-state index contributed by atoms with van der Waals surface area (Å²) in [5.41, 5.74) is 0.492. The first-order chi connectivity index (χ1) is 8.66. The summed E-state index contributed by atoms with van der Waals surface area (Å²) in [5.74, 6) is -1.37. The lowest BCUT2D eigenvalue weighted by molar-refractivity contribution is 0.0687. The normalized spacial score (nSPS) is 9.78. The Bertz CT molecular complexity index is 575. The van der Waals surface area contributed by atoms with Crippen LogP contribution in [0.2, 0.25) is 0 Å². The molecule has 0 unspecified atom stereocenters. The number of carboxylic acid groups (broad SMARTS) is 1. The molecule has 2 rings (SSSR count). The van der Waals surface area contributed by atoms with Gasteiger partial charge in [-0.3, -0.25) is 0 Å². The van der Waals surface area contributed by atoms with E-state index in [0.29, 0.717) is 5.56 Å². The fraction of sp³-hybridized carbons (Fsp3) is 0. The van der Waals surface area contributed by atoms with Gasteiger partial charge in [0.25, 0.3) is 0 Å². The highest BCUT2D eigenvalue weighted by atomic mass is 16.5. The molecule has 0 saturated heterocycles. The summed E-state index contributed by atoms with van der Waals surface area (Å²) in [6.45, 7) is 0. The molecular weight excluding hydrogens is 232 g/mol. The van der Waals surface area contributed by atoms with Crippen LogP contribution in [0, 0.1) is 0 Å². The molecule has 1 N–H and O–H groups in total. The van der Waals surface area contributed by atoms with E-state index in [9.17, 15) is 9.59 Å². The molecule has 0 spiro atoms. The van der Waals surface area contributed by atoms with Gasteiger partial charge in [-0.1, -0.05) is 24.3 Å². The maximum absolute atomic E-state index is 11.7. The first-order valence-electron chi connectivity index (χ1n) is 5.27. The summed E-state index contributed by atoms with van der Waals surface area (Å²) in [6.07, 6.45) is 0. The van der Waals surface area contributed by atoms with Gasteiger partial charge in [-0.15, -0.1) is 0 Å². The van der Waals surface area contributed by atoms with Gasteiger partial charge in [0.15, 0.2) is 0 Å². The van der Waals surface area contributed by atoms with E-state index in [1.54, 1.807) is 30.3 Å². The summed E-state index contributed by atoms with van der Waals surface area (Å²) < 4.78 is 5.09. The van der Waals surface area contributed by atoms with Crippen molar-refractivity contribution in [3.63, 3.8) is 0 Å².